The van der Waals surface area contributed by atoms with Crippen molar-refractivity contribution in [3.63, 3.8) is 0 Å². The molecule has 0 aliphatic heterocycles. The Balaban J connectivity index is 4.01. The van der Waals surface area contributed by atoms with Gasteiger partial charge >= 0.3 is 0 Å². The van der Waals surface area contributed by atoms with Gasteiger partial charge in [-0.15, -0.1) is 0 Å². The molecular weight excluding hydrogens is 114 g/mol. The second kappa shape index (κ2) is 2.84. The summed E-state index contributed by atoms with van der Waals surface area (Å²) in [5, 5.41) is 17.8. The highest BCUT2D eigenvalue weighted by molar-refractivity contribution is 4.92. The number of nitriles is 1. The summed E-state index contributed by atoms with van der Waals surface area (Å²) in [4.78, 5) is 0. The van der Waals surface area contributed by atoms with Gasteiger partial charge in [0.05, 0.1) is 17.6 Å². The van der Waals surface area contributed by atoms with Gasteiger partial charge in [-0.3, -0.25) is 0 Å². The molecule has 2 atom stereocenters. The van der Waals surface area contributed by atoms with Gasteiger partial charge in [-0.2, -0.15) is 5.26 Å². The molecule has 1 N–H and O–H groups in total. The molecule has 0 saturated carbocycles. The lowest BCUT2D eigenvalue weighted by Crippen LogP contribution is -2.30. The Bertz CT molecular complexity index is 123. The van der Waals surface area contributed by atoms with Crippen molar-refractivity contribution in [2.45, 2.75) is 32.8 Å². The van der Waals surface area contributed by atoms with Crippen LogP contribution in [0, 0.1) is 17.2 Å². The third-order valence-corrected chi connectivity index (χ3v) is 1.84. The van der Waals surface area contributed by atoms with E-state index in [2.05, 4.69) is 0 Å². The van der Waals surface area contributed by atoms with Crippen LogP contribution in [-0.4, -0.2) is 10.7 Å². The molecular formula is C7H13NO. The number of nitrogens with zero attached hydrogens (tertiary/aromatic N) is 1. The molecule has 0 aromatic rings. The van der Waals surface area contributed by atoms with Crippen molar-refractivity contribution >= 4 is 0 Å². The molecule has 0 saturated heterocycles. The smallest absolute Gasteiger partial charge is 0.0772 e. The van der Waals surface area contributed by atoms with Gasteiger partial charge in [0.1, 0.15) is 0 Å². The zero-order valence-corrected chi connectivity index (χ0v) is 6.18. The number of hydrogen-bond donors (Lipinski definition) is 1. The number of rotatable bonds is 2. The van der Waals surface area contributed by atoms with Crippen molar-refractivity contribution in [3.05, 3.63) is 0 Å². The first-order valence-electron chi connectivity index (χ1n) is 3.16. The fourth-order valence-corrected chi connectivity index (χ4v) is 0.445. The van der Waals surface area contributed by atoms with E-state index in [0.29, 0.717) is 6.42 Å². The predicted molar refractivity (Wildman–Crippen MR) is 35.7 cm³/mol. The summed E-state index contributed by atoms with van der Waals surface area (Å²) < 4.78 is 0. The largest absolute Gasteiger partial charge is 0.389 e. The van der Waals surface area contributed by atoms with E-state index in [-0.39, 0.29) is 5.92 Å². The molecule has 0 aromatic heterocycles. The second-order valence-corrected chi connectivity index (χ2v) is 2.56. The third-order valence-electron chi connectivity index (χ3n) is 1.84. The maximum absolute atomic E-state index is 9.37. The van der Waals surface area contributed by atoms with E-state index in [0.717, 1.165) is 0 Å². The van der Waals surface area contributed by atoms with Crippen LogP contribution in [0.1, 0.15) is 27.2 Å². The normalized spacial score (nSPS) is 19.9. The summed E-state index contributed by atoms with van der Waals surface area (Å²) in [6.45, 7) is 5.28. The minimum atomic E-state index is -0.811. The van der Waals surface area contributed by atoms with Gasteiger partial charge in [-0.05, 0) is 20.3 Å². The van der Waals surface area contributed by atoms with E-state index >= 15 is 0 Å². The molecule has 0 aliphatic rings. The first kappa shape index (κ1) is 8.45. The molecule has 0 spiro atoms. The van der Waals surface area contributed by atoms with Crippen LogP contribution < -0.4 is 0 Å². The van der Waals surface area contributed by atoms with Gasteiger partial charge < -0.3 is 5.11 Å². The van der Waals surface area contributed by atoms with Crippen molar-refractivity contribution in [2.24, 2.45) is 5.92 Å². The molecule has 0 aromatic carbocycles. The SMILES string of the molecule is CCC(C)(O)C(C)C#N. The molecule has 52 valence electrons. The zero-order valence-electron chi connectivity index (χ0n) is 6.18. The molecule has 2 unspecified atom stereocenters. The first-order chi connectivity index (χ1) is 4.04. The number of hydrogen-bond acceptors (Lipinski definition) is 2. The molecule has 0 radical (unpaired) electrons. The molecule has 2 nitrogen and oxygen atoms in total. The van der Waals surface area contributed by atoms with Gasteiger partial charge in [0.2, 0.25) is 0 Å². The minimum Gasteiger partial charge on any atom is -0.389 e. The average molecular weight is 127 g/mol. The van der Waals surface area contributed by atoms with Crippen molar-refractivity contribution in [3.8, 4) is 6.07 Å². The average Bonchev–Trinajstić information content (AvgIpc) is 1.86. The molecule has 0 aliphatic carbocycles. The summed E-state index contributed by atoms with van der Waals surface area (Å²) >= 11 is 0. The van der Waals surface area contributed by atoms with Crippen molar-refractivity contribution in [1.82, 2.24) is 0 Å². The van der Waals surface area contributed by atoms with Crippen molar-refractivity contribution < 1.29 is 5.11 Å². The van der Waals surface area contributed by atoms with E-state index in [1.165, 1.54) is 0 Å². The second-order valence-electron chi connectivity index (χ2n) is 2.56. The topological polar surface area (TPSA) is 44.0 Å². The zero-order chi connectivity index (χ0) is 7.49. The Labute approximate surface area is 56.1 Å². The van der Waals surface area contributed by atoms with Crippen LogP contribution in [-0.2, 0) is 0 Å². The highest BCUT2D eigenvalue weighted by Crippen LogP contribution is 2.18. The maximum Gasteiger partial charge on any atom is 0.0772 e. The number of aliphatic hydroxyl groups is 1. The molecule has 0 rings (SSSR count). The van der Waals surface area contributed by atoms with Crippen LogP contribution in [0.2, 0.25) is 0 Å². The summed E-state index contributed by atoms with van der Waals surface area (Å²) in [6, 6.07) is 2.01. The van der Waals surface area contributed by atoms with Crippen LogP contribution in [0.3, 0.4) is 0 Å². The fraction of sp³-hybridized carbons (Fsp3) is 0.857. The van der Waals surface area contributed by atoms with Crippen LogP contribution in [0.25, 0.3) is 0 Å². The van der Waals surface area contributed by atoms with E-state index in [1.54, 1.807) is 13.8 Å². The lowest BCUT2D eigenvalue weighted by atomic mass is 9.90. The van der Waals surface area contributed by atoms with Crippen molar-refractivity contribution in [1.29, 1.82) is 5.26 Å². The van der Waals surface area contributed by atoms with Crippen LogP contribution in [0.5, 0.6) is 0 Å². The Morgan fingerprint density at radius 2 is 2.22 bits per heavy atom. The van der Waals surface area contributed by atoms with Gasteiger partial charge in [0.15, 0.2) is 0 Å². The Kier molecular flexibility index (Phi) is 2.66. The molecule has 9 heavy (non-hydrogen) atoms. The third kappa shape index (κ3) is 2.03. The maximum atomic E-state index is 9.37. The summed E-state index contributed by atoms with van der Waals surface area (Å²) in [5.74, 6) is -0.275. The molecule has 0 fully saturated rings. The predicted octanol–water partition coefficient (Wildman–Crippen LogP) is 1.31. The van der Waals surface area contributed by atoms with Crippen LogP contribution in [0.15, 0.2) is 0 Å². The van der Waals surface area contributed by atoms with E-state index in [4.69, 9.17) is 5.26 Å². The Morgan fingerprint density at radius 3 is 2.33 bits per heavy atom. The minimum absolute atomic E-state index is 0.275. The Morgan fingerprint density at radius 1 is 1.78 bits per heavy atom. The van der Waals surface area contributed by atoms with Gasteiger partial charge in [0, 0.05) is 0 Å². The van der Waals surface area contributed by atoms with Gasteiger partial charge in [-0.1, -0.05) is 6.92 Å². The molecule has 0 heterocycles. The van der Waals surface area contributed by atoms with Gasteiger partial charge in [-0.25, -0.2) is 0 Å². The highest BCUT2D eigenvalue weighted by Gasteiger charge is 2.25. The highest BCUT2D eigenvalue weighted by atomic mass is 16.3. The van der Waals surface area contributed by atoms with E-state index in [1.807, 2.05) is 13.0 Å². The van der Waals surface area contributed by atoms with E-state index < -0.39 is 5.60 Å². The van der Waals surface area contributed by atoms with Crippen LogP contribution >= 0.6 is 0 Å². The molecule has 0 amide bonds. The van der Waals surface area contributed by atoms with Crippen molar-refractivity contribution in [2.75, 3.05) is 0 Å². The molecule has 2 heteroatoms. The molecule has 0 bridgehead atoms. The summed E-state index contributed by atoms with van der Waals surface area (Å²) in [5.41, 5.74) is -0.811. The van der Waals surface area contributed by atoms with E-state index in [9.17, 15) is 5.11 Å². The standard InChI is InChI=1S/C7H13NO/c1-4-7(3,9)6(2)5-8/h6,9H,4H2,1-3H3. The summed E-state index contributed by atoms with van der Waals surface area (Å²) in [7, 11) is 0. The Hall–Kier alpha value is -0.550. The van der Waals surface area contributed by atoms with Crippen LogP contribution in [0.4, 0.5) is 0 Å². The lowest BCUT2D eigenvalue weighted by Gasteiger charge is -2.23. The fourth-order valence-electron chi connectivity index (χ4n) is 0.445. The quantitative estimate of drug-likeness (QED) is 0.607. The van der Waals surface area contributed by atoms with Gasteiger partial charge in [0.25, 0.3) is 0 Å². The summed E-state index contributed by atoms with van der Waals surface area (Å²) in [6.07, 6.45) is 0.627. The monoisotopic (exact) mass is 127 g/mol. The first-order valence-corrected chi connectivity index (χ1v) is 3.16. The lowest BCUT2D eigenvalue weighted by molar-refractivity contribution is 0.0236.